The fourth-order valence-corrected chi connectivity index (χ4v) is 1.90. The van der Waals surface area contributed by atoms with E-state index in [9.17, 15) is 9.59 Å². The number of carbonyl (C=O) groups is 2. The van der Waals surface area contributed by atoms with Crippen molar-refractivity contribution in [2.45, 2.75) is 6.54 Å². The van der Waals surface area contributed by atoms with Gasteiger partial charge in [-0.25, -0.2) is 9.59 Å². The summed E-state index contributed by atoms with van der Waals surface area (Å²) in [7, 11) is 0. The van der Waals surface area contributed by atoms with E-state index in [1.807, 2.05) is 0 Å². The molecule has 0 atom stereocenters. The van der Waals surface area contributed by atoms with Crippen LogP contribution >= 0.6 is 11.3 Å². The first kappa shape index (κ1) is 12.5. The monoisotopic (exact) mass is 243 g/mol. The SMILES string of the molecule is NC(=O)NCCNCc1cc(C(=O)O)cs1. The minimum absolute atomic E-state index is 0.303. The van der Waals surface area contributed by atoms with Crippen LogP contribution in [-0.4, -0.2) is 30.2 Å². The predicted molar refractivity (Wildman–Crippen MR) is 60.6 cm³/mol. The Kier molecular flexibility index (Phi) is 4.74. The van der Waals surface area contributed by atoms with Gasteiger partial charge in [-0.3, -0.25) is 0 Å². The molecule has 0 aliphatic heterocycles. The Balaban J connectivity index is 2.21. The standard InChI is InChI=1S/C9H13N3O3S/c10-9(15)12-2-1-11-4-7-3-6(5-16-7)8(13)14/h3,5,11H,1-2,4H2,(H,13,14)(H3,10,12,15). The number of carbonyl (C=O) groups excluding carboxylic acids is 1. The molecule has 1 rings (SSSR count). The van der Waals surface area contributed by atoms with Crippen LogP contribution in [0.15, 0.2) is 11.4 Å². The van der Waals surface area contributed by atoms with Crippen molar-refractivity contribution in [1.29, 1.82) is 0 Å². The second kappa shape index (κ2) is 6.09. The minimum Gasteiger partial charge on any atom is -0.478 e. The van der Waals surface area contributed by atoms with E-state index >= 15 is 0 Å². The van der Waals surface area contributed by atoms with Gasteiger partial charge < -0.3 is 21.5 Å². The van der Waals surface area contributed by atoms with Gasteiger partial charge in [0.2, 0.25) is 0 Å². The zero-order chi connectivity index (χ0) is 12.0. The normalized spacial score (nSPS) is 10.0. The average molecular weight is 243 g/mol. The molecular weight excluding hydrogens is 230 g/mol. The van der Waals surface area contributed by atoms with Crippen molar-refractivity contribution in [1.82, 2.24) is 10.6 Å². The summed E-state index contributed by atoms with van der Waals surface area (Å²) < 4.78 is 0. The minimum atomic E-state index is -0.919. The lowest BCUT2D eigenvalue weighted by atomic mass is 10.3. The zero-order valence-electron chi connectivity index (χ0n) is 8.53. The van der Waals surface area contributed by atoms with Crippen molar-refractivity contribution in [3.63, 3.8) is 0 Å². The molecule has 0 saturated carbocycles. The van der Waals surface area contributed by atoms with E-state index in [1.165, 1.54) is 11.3 Å². The zero-order valence-corrected chi connectivity index (χ0v) is 9.34. The number of hydrogen-bond acceptors (Lipinski definition) is 4. The third kappa shape index (κ3) is 4.28. The topological polar surface area (TPSA) is 104 Å². The van der Waals surface area contributed by atoms with Crippen molar-refractivity contribution in [2.75, 3.05) is 13.1 Å². The van der Waals surface area contributed by atoms with E-state index in [-0.39, 0.29) is 0 Å². The van der Waals surface area contributed by atoms with Crippen LogP contribution in [0.2, 0.25) is 0 Å². The van der Waals surface area contributed by atoms with Gasteiger partial charge in [-0.1, -0.05) is 0 Å². The van der Waals surface area contributed by atoms with Crippen LogP contribution in [0.4, 0.5) is 4.79 Å². The van der Waals surface area contributed by atoms with E-state index < -0.39 is 12.0 Å². The molecule has 1 aromatic rings. The number of nitrogens with one attached hydrogen (secondary N) is 2. The Labute approximate surface area is 96.5 Å². The summed E-state index contributed by atoms with van der Waals surface area (Å²) in [5.74, 6) is -0.919. The fraction of sp³-hybridized carbons (Fsp3) is 0.333. The van der Waals surface area contributed by atoms with Crippen LogP contribution in [0.3, 0.4) is 0 Å². The molecule has 0 spiro atoms. The van der Waals surface area contributed by atoms with E-state index in [0.717, 1.165) is 4.88 Å². The first-order valence-corrected chi connectivity index (χ1v) is 5.52. The van der Waals surface area contributed by atoms with Crippen molar-refractivity contribution in [3.8, 4) is 0 Å². The van der Waals surface area contributed by atoms with E-state index in [2.05, 4.69) is 10.6 Å². The van der Waals surface area contributed by atoms with Gasteiger partial charge in [0.1, 0.15) is 0 Å². The molecule has 7 heteroatoms. The second-order valence-electron chi connectivity index (χ2n) is 3.07. The number of amides is 2. The Bertz CT molecular complexity index is 378. The lowest BCUT2D eigenvalue weighted by Crippen LogP contribution is -2.35. The molecule has 0 saturated heterocycles. The quantitative estimate of drug-likeness (QED) is 0.536. The van der Waals surface area contributed by atoms with Crippen molar-refractivity contribution in [2.24, 2.45) is 5.73 Å². The van der Waals surface area contributed by atoms with Gasteiger partial charge in [0.25, 0.3) is 0 Å². The Hall–Kier alpha value is -1.60. The number of hydrogen-bond donors (Lipinski definition) is 4. The fourth-order valence-electron chi connectivity index (χ4n) is 1.07. The van der Waals surface area contributed by atoms with Gasteiger partial charge in [0.05, 0.1) is 5.56 Å². The van der Waals surface area contributed by atoms with E-state index in [4.69, 9.17) is 10.8 Å². The lowest BCUT2D eigenvalue weighted by Gasteiger charge is -2.02. The highest BCUT2D eigenvalue weighted by Crippen LogP contribution is 2.14. The van der Waals surface area contributed by atoms with Crippen LogP contribution in [0.1, 0.15) is 15.2 Å². The Morgan fingerprint density at radius 2 is 2.19 bits per heavy atom. The molecule has 2 amide bonds. The van der Waals surface area contributed by atoms with Crippen molar-refractivity contribution in [3.05, 3.63) is 21.9 Å². The third-order valence-corrected chi connectivity index (χ3v) is 2.74. The Morgan fingerprint density at radius 1 is 1.44 bits per heavy atom. The van der Waals surface area contributed by atoms with Crippen LogP contribution in [0.5, 0.6) is 0 Å². The first-order chi connectivity index (χ1) is 7.59. The van der Waals surface area contributed by atoms with Gasteiger partial charge in [0, 0.05) is 29.9 Å². The number of thiophene rings is 1. The highest BCUT2D eigenvalue weighted by atomic mass is 32.1. The molecule has 0 aliphatic rings. The maximum Gasteiger partial charge on any atom is 0.336 e. The molecule has 1 aromatic heterocycles. The summed E-state index contributed by atoms with van der Waals surface area (Å²) in [5, 5.41) is 15.8. The highest BCUT2D eigenvalue weighted by Gasteiger charge is 2.05. The van der Waals surface area contributed by atoms with Gasteiger partial charge >= 0.3 is 12.0 Å². The van der Waals surface area contributed by atoms with E-state index in [1.54, 1.807) is 11.4 Å². The van der Waals surface area contributed by atoms with Crippen LogP contribution in [0, 0.1) is 0 Å². The van der Waals surface area contributed by atoms with Crippen molar-refractivity contribution >= 4 is 23.3 Å². The van der Waals surface area contributed by atoms with Crippen LogP contribution in [0.25, 0.3) is 0 Å². The summed E-state index contributed by atoms with van der Waals surface area (Å²) >= 11 is 1.39. The Morgan fingerprint density at radius 3 is 2.75 bits per heavy atom. The van der Waals surface area contributed by atoms with Gasteiger partial charge in [0.15, 0.2) is 0 Å². The molecule has 0 aromatic carbocycles. The highest BCUT2D eigenvalue weighted by molar-refractivity contribution is 7.10. The van der Waals surface area contributed by atoms with E-state index in [0.29, 0.717) is 25.2 Å². The number of urea groups is 1. The molecule has 88 valence electrons. The second-order valence-corrected chi connectivity index (χ2v) is 4.07. The van der Waals surface area contributed by atoms with Crippen LogP contribution < -0.4 is 16.4 Å². The molecule has 0 aliphatic carbocycles. The number of carboxylic acid groups (broad SMARTS) is 1. The number of carboxylic acids is 1. The predicted octanol–water partition coefficient (Wildman–Crippen LogP) is 0.204. The summed E-state index contributed by atoms with van der Waals surface area (Å²) in [6.45, 7) is 1.62. The molecule has 1 heterocycles. The number of rotatable bonds is 6. The van der Waals surface area contributed by atoms with Gasteiger partial charge in [-0.2, -0.15) is 0 Å². The largest absolute Gasteiger partial charge is 0.478 e. The summed E-state index contributed by atoms with van der Waals surface area (Å²) in [6.07, 6.45) is 0. The molecule has 0 bridgehead atoms. The van der Waals surface area contributed by atoms with Gasteiger partial charge in [-0.15, -0.1) is 11.3 Å². The molecule has 0 unspecified atom stereocenters. The molecular formula is C9H13N3O3S. The molecule has 0 fully saturated rings. The lowest BCUT2D eigenvalue weighted by molar-refractivity contribution is 0.0697. The summed E-state index contributed by atoms with van der Waals surface area (Å²) in [4.78, 5) is 21.9. The first-order valence-electron chi connectivity index (χ1n) is 4.64. The maximum atomic E-state index is 10.6. The molecule has 5 N–H and O–H groups in total. The maximum absolute atomic E-state index is 10.6. The van der Waals surface area contributed by atoms with Crippen molar-refractivity contribution < 1.29 is 14.7 Å². The number of primary amides is 1. The average Bonchev–Trinajstić information content (AvgIpc) is 2.65. The van der Waals surface area contributed by atoms with Gasteiger partial charge in [-0.05, 0) is 6.07 Å². The summed E-state index contributed by atoms with van der Waals surface area (Å²) in [5.41, 5.74) is 5.18. The third-order valence-electron chi connectivity index (χ3n) is 1.80. The molecule has 16 heavy (non-hydrogen) atoms. The molecule has 6 nitrogen and oxygen atoms in total. The summed E-state index contributed by atoms with van der Waals surface area (Å²) in [6, 6.07) is 1.08. The smallest absolute Gasteiger partial charge is 0.336 e. The molecule has 0 radical (unpaired) electrons. The number of aromatic carboxylic acids is 1. The van der Waals surface area contributed by atoms with Crippen LogP contribution in [-0.2, 0) is 6.54 Å². The number of nitrogens with two attached hydrogens (primary N) is 1.